The Hall–Kier alpha value is -3.28. The Morgan fingerprint density at radius 2 is 1.95 bits per heavy atom. The third kappa shape index (κ3) is 6.37. The zero-order valence-electron chi connectivity index (χ0n) is 22.6. The van der Waals surface area contributed by atoms with E-state index >= 15 is 0 Å². The fraction of sp³-hybridized carbons (Fsp3) is 0.464. The second-order valence-corrected chi connectivity index (χ2v) is 11.8. The predicted octanol–water partition coefficient (Wildman–Crippen LogP) is 5.19. The largest absolute Gasteiger partial charge is 0.495 e. The molecule has 0 spiro atoms. The SMILES string of the molecule is COc1ccc(-c2nc(NC(=O)c3cnc(N4CCC(C(=O)O)CC4)cn3)sc2CN2CCCC[C@H]2C)cc1Cl. The van der Waals surface area contributed by atoms with Crippen molar-refractivity contribution in [1.82, 2.24) is 19.9 Å². The van der Waals surface area contributed by atoms with Crippen molar-refractivity contribution in [2.75, 3.05) is 37.0 Å². The molecule has 2 fully saturated rings. The molecule has 0 radical (unpaired) electrons. The number of carboxylic acid groups (broad SMARTS) is 1. The maximum Gasteiger partial charge on any atom is 0.306 e. The van der Waals surface area contributed by atoms with Crippen LogP contribution in [0.4, 0.5) is 10.9 Å². The first-order valence-corrected chi connectivity index (χ1v) is 14.7. The molecule has 2 N–H and O–H groups in total. The second kappa shape index (κ2) is 12.5. The van der Waals surface area contributed by atoms with E-state index in [1.54, 1.807) is 13.3 Å². The molecule has 0 aliphatic carbocycles. The number of nitrogens with zero attached hydrogens (tertiary/aromatic N) is 5. The summed E-state index contributed by atoms with van der Waals surface area (Å²) in [6.07, 6.45) is 7.70. The first kappa shape index (κ1) is 28.3. The molecular formula is C28H33ClN6O4S. The number of hydrogen-bond acceptors (Lipinski definition) is 9. The lowest BCUT2D eigenvalue weighted by atomic mass is 9.97. The van der Waals surface area contributed by atoms with Gasteiger partial charge in [-0.05, 0) is 57.4 Å². The molecule has 2 aliphatic rings. The maximum absolute atomic E-state index is 13.1. The highest BCUT2D eigenvalue weighted by Crippen LogP contribution is 2.37. The Kier molecular flexibility index (Phi) is 8.82. The zero-order valence-corrected chi connectivity index (χ0v) is 24.2. The van der Waals surface area contributed by atoms with E-state index < -0.39 is 11.9 Å². The van der Waals surface area contributed by atoms with E-state index in [1.165, 1.54) is 36.8 Å². The number of piperidine rings is 2. The van der Waals surface area contributed by atoms with Crippen molar-refractivity contribution in [1.29, 1.82) is 0 Å². The molecule has 2 aromatic heterocycles. The number of rotatable bonds is 8. The summed E-state index contributed by atoms with van der Waals surface area (Å²) in [5.74, 6) is -0.254. The number of thiazole rings is 1. The standard InChI is InChI=1S/C28H33ClN6O4S/c1-17-5-3-4-10-35(17)16-23-25(19-6-7-22(39-2)20(29)13-19)32-28(40-23)33-26(36)21-14-31-24(15-30-21)34-11-8-18(9-12-34)27(37)38/h6-7,13-15,17-18H,3-5,8-12,16H2,1-2H3,(H,37,38)(H,32,33,36)/t17-/m1/s1. The summed E-state index contributed by atoms with van der Waals surface area (Å²) in [6.45, 7) is 5.20. The minimum absolute atomic E-state index is 0.180. The van der Waals surface area contributed by atoms with Gasteiger partial charge in [0.15, 0.2) is 5.13 Å². The van der Waals surface area contributed by atoms with Crippen molar-refractivity contribution in [3.05, 3.63) is 46.2 Å². The monoisotopic (exact) mass is 584 g/mol. The number of carboxylic acids is 1. The van der Waals surface area contributed by atoms with E-state index in [0.29, 0.717) is 53.7 Å². The molecule has 1 amide bonds. The molecule has 0 unspecified atom stereocenters. The van der Waals surface area contributed by atoms with Gasteiger partial charge in [0.25, 0.3) is 5.91 Å². The van der Waals surface area contributed by atoms with Crippen LogP contribution < -0.4 is 15.0 Å². The molecule has 3 aromatic rings. The smallest absolute Gasteiger partial charge is 0.306 e. The highest BCUT2D eigenvalue weighted by Gasteiger charge is 2.26. The lowest BCUT2D eigenvalue weighted by Crippen LogP contribution is -2.36. The number of amides is 1. The quantitative estimate of drug-likeness (QED) is 0.368. The van der Waals surface area contributed by atoms with Gasteiger partial charge in [-0.2, -0.15) is 0 Å². The summed E-state index contributed by atoms with van der Waals surface area (Å²) in [4.78, 5) is 43.4. The van der Waals surface area contributed by atoms with Crippen LogP contribution in [0.2, 0.25) is 5.02 Å². The number of nitrogens with one attached hydrogen (secondary N) is 1. The topological polar surface area (TPSA) is 121 Å². The van der Waals surface area contributed by atoms with Crippen LogP contribution in [0.25, 0.3) is 11.3 Å². The summed E-state index contributed by atoms with van der Waals surface area (Å²) >= 11 is 7.89. The fourth-order valence-corrected chi connectivity index (χ4v) is 6.51. The lowest BCUT2D eigenvalue weighted by Gasteiger charge is -2.33. The molecule has 40 heavy (non-hydrogen) atoms. The Bertz CT molecular complexity index is 1360. The van der Waals surface area contributed by atoms with Gasteiger partial charge in [0.1, 0.15) is 17.3 Å². The number of hydrogen-bond donors (Lipinski definition) is 2. The molecule has 212 valence electrons. The van der Waals surface area contributed by atoms with Crippen LogP contribution in [-0.2, 0) is 11.3 Å². The van der Waals surface area contributed by atoms with E-state index in [4.69, 9.17) is 21.3 Å². The number of benzene rings is 1. The van der Waals surface area contributed by atoms with E-state index in [1.807, 2.05) is 23.1 Å². The Balaban J connectivity index is 1.33. The Morgan fingerprint density at radius 1 is 1.15 bits per heavy atom. The first-order chi connectivity index (χ1) is 19.3. The van der Waals surface area contributed by atoms with Gasteiger partial charge >= 0.3 is 5.97 Å². The number of ether oxygens (including phenoxy) is 1. The summed E-state index contributed by atoms with van der Waals surface area (Å²) in [5.41, 5.74) is 1.83. The third-order valence-corrected chi connectivity index (χ3v) is 8.92. The average molecular weight is 585 g/mol. The second-order valence-electron chi connectivity index (χ2n) is 10.3. The summed E-state index contributed by atoms with van der Waals surface area (Å²) in [5, 5.41) is 13.1. The number of carbonyl (C=O) groups is 2. The minimum Gasteiger partial charge on any atom is -0.495 e. The normalized spacial score (nSPS) is 18.5. The van der Waals surface area contributed by atoms with Crippen molar-refractivity contribution in [2.45, 2.75) is 51.6 Å². The molecule has 1 aromatic carbocycles. The number of aliphatic carboxylic acids is 1. The van der Waals surface area contributed by atoms with Crippen LogP contribution in [0.5, 0.6) is 5.75 Å². The predicted molar refractivity (Wildman–Crippen MR) is 155 cm³/mol. The number of anilines is 2. The van der Waals surface area contributed by atoms with Gasteiger partial charge in [-0.1, -0.05) is 29.4 Å². The lowest BCUT2D eigenvalue weighted by molar-refractivity contribution is -0.142. The van der Waals surface area contributed by atoms with Crippen molar-refractivity contribution >= 4 is 45.8 Å². The number of carbonyl (C=O) groups excluding carboxylic acids is 1. The first-order valence-electron chi connectivity index (χ1n) is 13.5. The van der Waals surface area contributed by atoms with E-state index in [0.717, 1.165) is 29.2 Å². The van der Waals surface area contributed by atoms with Gasteiger partial charge in [0.2, 0.25) is 0 Å². The van der Waals surface area contributed by atoms with E-state index in [9.17, 15) is 14.7 Å². The average Bonchev–Trinajstić information content (AvgIpc) is 3.36. The van der Waals surface area contributed by atoms with Gasteiger partial charge in [-0.15, -0.1) is 0 Å². The number of halogens is 1. The molecule has 12 heteroatoms. The number of methoxy groups -OCH3 is 1. The molecule has 0 saturated carbocycles. The van der Waals surface area contributed by atoms with Gasteiger partial charge in [0, 0.05) is 36.1 Å². The fourth-order valence-electron chi connectivity index (χ4n) is 5.25. The summed E-state index contributed by atoms with van der Waals surface area (Å²) < 4.78 is 5.32. The van der Waals surface area contributed by atoms with Gasteiger partial charge in [-0.3, -0.25) is 19.8 Å². The molecule has 10 nitrogen and oxygen atoms in total. The molecule has 1 atom stereocenters. The summed E-state index contributed by atoms with van der Waals surface area (Å²) in [7, 11) is 1.58. The Labute approximate surface area is 242 Å². The third-order valence-electron chi connectivity index (χ3n) is 7.67. The van der Waals surface area contributed by atoms with Crippen LogP contribution in [0.15, 0.2) is 30.6 Å². The van der Waals surface area contributed by atoms with Crippen molar-refractivity contribution in [3.63, 3.8) is 0 Å². The number of aromatic nitrogens is 3. The molecule has 2 saturated heterocycles. The molecule has 4 heterocycles. The highest BCUT2D eigenvalue weighted by molar-refractivity contribution is 7.16. The van der Waals surface area contributed by atoms with Crippen molar-refractivity contribution in [3.8, 4) is 17.0 Å². The highest BCUT2D eigenvalue weighted by atomic mass is 35.5. The zero-order chi connectivity index (χ0) is 28.2. The molecule has 5 rings (SSSR count). The summed E-state index contributed by atoms with van der Waals surface area (Å²) in [6, 6.07) is 6.07. The van der Waals surface area contributed by atoms with Crippen molar-refractivity contribution < 1.29 is 19.4 Å². The van der Waals surface area contributed by atoms with E-state index in [-0.39, 0.29) is 11.6 Å². The Morgan fingerprint density at radius 3 is 2.60 bits per heavy atom. The van der Waals surface area contributed by atoms with Crippen LogP contribution in [0.1, 0.15) is 54.4 Å². The van der Waals surface area contributed by atoms with Gasteiger partial charge < -0.3 is 14.7 Å². The van der Waals surface area contributed by atoms with Gasteiger partial charge in [0.05, 0.1) is 36.1 Å². The van der Waals surface area contributed by atoms with Crippen LogP contribution in [-0.4, -0.2) is 69.6 Å². The molecule has 0 bridgehead atoms. The maximum atomic E-state index is 13.1. The molecule has 2 aliphatic heterocycles. The van der Waals surface area contributed by atoms with Gasteiger partial charge in [-0.25, -0.2) is 15.0 Å². The number of likely N-dealkylation sites (tertiary alicyclic amines) is 1. The van der Waals surface area contributed by atoms with Crippen LogP contribution >= 0.6 is 22.9 Å². The van der Waals surface area contributed by atoms with Crippen LogP contribution in [0.3, 0.4) is 0 Å². The minimum atomic E-state index is -0.758. The van der Waals surface area contributed by atoms with Crippen LogP contribution in [0, 0.1) is 5.92 Å². The molecular weight excluding hydrogens is 552 g/mol. The van der Waals surface area contributed by atoms with Crippen molar-refractivity contribution in [2.24, 2.45) is 5.92 Å². The van der Waals surface area contributed by atoms with E-state index in [2.05, 4.69) is 27.1 Å².